The zero-order valence-electron chi connectivity index (χ0n) is 10.7. The Morgan fingerprint density at radius 1 is 1.47 bits per heavy atom. The lowest BCUT2D eigenvalue weighted by Crippen LogP contribution is -2.31. The van der Waals surface area contributed by atoms with E-state index in [2.05, 4.69) is 45.9 Å². The molecule has 0 aliphatic heterocycles. The number of halogens is 1. The van der Waals surface area contributed by atoms with E-state index in [1.54, 1.807) is 11.3 Å². The third kappa shape index (κ3) is 3.33. The molecule has 3 unspecified atom stereocenters. The molecule has 17 heavy (non-hydrogen) atoms. The van der Waals surface area contributed by atoms with Crippen LogP contribution in [0.3, 0.4) is 0 Å². The first-order chi connectivity index (χ1) is 8.22. The van der Waals surface area contributed by atoms with Crippen LogP contribution in [0.2, 0.25) is 0 Å². The van der Waals surface area contributed by atoms with Gasteiger partial charge in [0.05, 0.1) is 0 Å². The highest BCUT2D eigenvalue weighted by Crippen LogP contribution is 2.40. The number of thiophene rings is 1. The van der Waals surface area contributed by atoms with Crippen molar-refractivity contribution in [2.24, 2.45) is 11.8 Å². The van der Waals surface area contributed by atoms with Gasteiger partial charge in [-0.1, -0.05) is 26.7 Å². The molecule has 1 aromatic rings. The monoisotopic (exact) mass is 315 g/mol. The predicted molar refractivity (Wildman–Crippen MR) is 79.6 cm³/mol. The topological polar surface area (TPSA) is 12.0 Å². The van der Waals surface area contributed by atoms with Gasteiger partial charge < -0.3 is 5.32 Å². The fourth-order valence-corrected chi connectivity index (χ4v) is 4.63. The van der Waals surface area contributed by atoms with E-state index in [0.717, 1.165) is 18.4 Å². The molecule has 1 fully saturated rings. The van der Waals surface area contributed by atoms with E-state index in [1.807, 2.05) is 0 Å². The molecule has 1 heterocycles. The molecule has 0 amide bonds. The summed E-state index contributed by atoms with van der Waals surface area (Å²) in [7, 11) is 0. The van der Waals surface area contributed by atoms with Crippen LogP contribution in [-0.4, -0.2) is 6.54 Å². The summed E-state index contributed by atoms with van der Waals surface area (Å²) < 4.78 is 1.28. The Bertz CT molecular complexity index is 350. The van der Waals surface area contributed by atoms with Gasteiger partial charge in [-0.05, 0) is 58.1 Å². The van der Waals surface area contributed by atoms with Crippen molar-refractivity contribution >= 4 is 27.3 Å². The first-order valence-electron chi connectivity index (χ1n) is 6.67. The maximum absolute atomic E-state index is 3.69. The Kier molecular flexibility index (Phi) is 5.07. The van der Waals surface area contributed by atoms with Crippen molar-refractivity contribution < 1.29 is 0 Å². The van der Waals surface area contributed by atoms with E-state index in [4.69, 9.17) is 0 Å². The molecule has 1 N–H and O–H groups in total. The quantitative estimate of drug-likeness (QED) is 0.825. The van der Waals surface area contributed by atoms with Crippen LogP contribution in [0.5, 0.6) is 0 Å². The van der Waals surface area contributed by atoms with Crippen molar-refractivity contribution in [3.8, 4) is 0 Å². The van der Waals surface area contributed by atoms with Crippen LogP contribution in [0.1, 0.15) is 51.1 Å². The van der Waals surface area contributed by atoms with Gasteiger partial charge >= 0.3 is 0 Å². The van der Waals surface area contributed by atoms with E-state index in [1.165, 1.54) is 35.7 Å². The summed E-state index contributed by atoms with van der Waals surface area (Å²) in [5.74, 6) is 1.71. The van der Waals surface area contributed by atoms with Gasteiger partial charge in [-0.25, -0.2) is 0 Å². The molecule has 0 radical (unpaired) electrons. The average molecular weight is 316 g/mol. The summed E-state index contributed by atoms with van der Waals surface area (Å²) in [5, 5.41) is 8.20. The number of nitrogens with one attached hydrogen (secondary N) is 1. The second-order valence-electron chi connectivity index (χ2n) is 5.24. The predicted octanol–water partition coefficient (Wildman–Crippen LogP) is 4.99. The molecule has 3 heteroatoms. The summed E-state index contributed by atoms with van der Waals surface area (Å²) in [6.07, 6.45) is 5.57. The molecule has 0 saturated heterocycles. The molecule has 0 spiro atoms. The molecule has 1 aliphatic rings. The molecular weight excluding hydrogens is 294 g/mol. The molecule has 1 saturated carbocycles. The van der Waals surface area contributed by atoms with Crippen LogP contribution in [0.4, 0.5) is 0 Å². The normalized spacial score (nSPS) is 27.0. The van der Waals surface area contributed by atoms with Gasteiger partial charge in [-0.3, -0.25) is 0 Å². The van der Waals surface area contributed by atoms with Crippen molar-refractivity contribution in [1.29, 1.82) is 0 Å². The number of rotatable bonds is 4. The summed E-state index contributed by atoms with van der Waals surface area (Å²) >= 11 is 5.49. The Balaban J connectivity index is 2.14. The van der Waals surface area contributed by atoms with Gasteiger partial charge in [0.15, 0.2) is 0 Å². The van der Waals surface area contributed by atoms with E-state index in [0.29, 0.717) is 6.04 Å². The summed E-state index contributed by atoms with van der Waals surface area (Å²) in [6.45, 7) is 5.66. The van der Waals surface area contributed by atoms with Crippen molar-refractivity contribution in [2.45, 2.75) is 45.6 Å². The van der Waals surface area contributed by atoms with Gasteiger partial charge in [0.25, 0.3) is 0 Å². The summed E-state index contributed by atoms with van der Waals surface area (Å²) in [4.78, 5) is 0. The van der Waals surface area contributed by atoms with Crippen LogP contribution in [0, 0.1) is 11.8 Å². The maximum atomic E-state index is 3.69. The average Bonchev–Trinajstić information content (AvgIpc) is 2.72. The molecule has 0 bridgehead atoms. The molecule has 1 nitrogen and oxygen atoms in total. The van der Waals surface area contributed by atoms with Gasteiger partial charge in [0.2, 0.25) is 0 Å². The van der Waals surface area contributed by atoms with Crippen molar-refractivity contribution in [3.05, 3.63) is 20.8 Å². The molecule has 0 aromatic carbocycles. The van der Waals surface area contributed by atoms with Crippen LogP contribution < -0.4 is 5.32 Å². The fraction of sp³-hybridized carbons (Fsp3) is 0.714. The maximum Gasteiger partial charge on any atom is 0.0368 e. The second kappa shape index (κ2) is 6.35. The molecule has 96 valence electrons. The molecule has 3 atom stereocenters. The van der Waals surface area contributed by atoms with Crippen LogP contribution in [-0.2, 0) is 0 Å². The number of hydrogen-bond donors (Lipinski definition) is 1. The summed E-state index contributed by atoms with van der Waals surface area (Å²) in [5.41, 5.74) is 1.47. The lowest BCUT2D eigenvalue weighted by atomic mass is 9.77. The third-order valence-electron chi connectivity index (χ3n) is 3.85. The molecule has 1 aliphatic carbocycles. The fourth-order valence-electron chi connectivity index (χ4n) is 3.05. The largest absolute Gasteiger partial charge is 0.310 e. The zero-order valence-corrected chi connectivity index (χ0v) is 13.1. The van der Waals surface area contributed by atoms with E-state index in [-0.39, 0.29) is 0 Å². The number of hydrogen-bond acceptors (Lipinski definition) is 2. The Labute approximate surface area is 117 Å². The minimum atomic E-state index is 0.545. The highest BCUT2D eigenvalue weighted by atomic mass is 79.9. The highest BCUT2D eigenvalue weighted by Gasteiger charge is 2.28. The molecule has 1 aromatic heterocycles. The third-order valence-corrected chi connectivity index (χ3v) is 5.60. The van der Waals surface area contributed by atoms with Crippen LogP contribution >= 0.6 is 27.3 Å². The van der Waals surface area contributed by atoms with Crippen molar-refractivity contribution in [3.63, 3.8) is 0 Å². The lowest BCUT2D eigenvalue weighted by molar-refractivity contribution is 0.225. The SMILES string of the molecule is CCNC(c1cscc1Br)C1CCCC(C)C1. The van der Waals surface area contributed by atoms with E-state index < -0.39 is 0 Å². The van der Waals surface area contributed by atoms with Gasteiger partial charge in [-0.2, -0.15) is 11.3 Å². The summed E-state index contributed by atoms with van der Waals surface area (Å²) in [6, 6.07) is 0.545. The Morgan fingerprint density at radius 2 is 2.29 bits per heavy atom. The van der Waals surface area contributed by atoms with Crippen molar-refractivity contribution in [2.75, 3.05) is 6.54 Å². The standard InChI is InChI=1S/C14H22BrNS/c1-3-16-14(12-8-17-9-13(12)15)11-6-4-5-10(2)7-11/h8-11,14,16H,3-7H2,1-2H3. The molecular formula is C14H22BrNS. The zero-order chi connectivity index (χ0) is 12.3. The van der Waals surface area contributed by atoms with Crippen LogP contribution in [0.25, 0.3) is 0 Å². The van der Waals surface area contributed by atoms with Gasteiger partial charge in [-0.15, -0.1) is 0 Å². The first-order valence-corrected chi connectivity index (χ1v) is 8.41. The highest BCUT2D eigenvalue weighted by molar-refractivity contribution is 9.10. The van der Waals surface area contributed by atoms with Crippen LogP contribution in [0.15, 0.2) is 15.2 Å². The Hall–Kier alpha value is 0.140. The smallest absolute Gasteiger partial charge is 0.0368 e. The van der Waals surface area contributed by atoms with Crippen molar-refractivity contribution in [1.82, 2.24) is 5.32 Å². The van der Waals surface area contributed by atoms with E-state index >= 15 is 0 Å². The van der Waals surface area contributed by atoms with Gasteiger partial charge in [0.1, 0.15) is 0 Å². The second-order valence-corrected chi connectivity index (χ2v) is 6.84. The lowest BCUT2D eigenvalue weighted by Gasteiger charge is -2.34. The molecule has 2 rings (SSSR count). The van der Waals surface area contributed by atoms with Gasteiger partial charge in [0, 0.05) is 15.9 Å². The van der Waals surface area contributed by atoms with E-state index in [9.17, 15) is 0 Å². The minimum Gasteiger partial charge on any atom is -0.310 e. The first kappa shape index (κ1) is 13.6. The Morgan fingerprint density at radius 3 is 2.88 bits per heavy atom. The minimum absolute atomic E-state index is 0.545.